The molecule has 0 saturated carbocycles. The predicted octanol–water partition coefficient (Wildman–Crippen LogP) is 2.99. The van der Waals surface area contributed by atoms with Gasteiger partial charge in [0.15, 0.2) is 0 Å². The minimum atomic E-state index is 0.137. The van der Waals surface area contributed by atoms with E-state index in [0.29, 0.717) is 16.5 Å². The third-order valence-electron chi connectivity index (χ3n) is 4.76. The van der Waals surface area contributed by atoms with Crippen molar-refractivity contribution in [2.24, 2.45) is 11.8 Å². The van der Waals surface area contributed by atoms with Crippen LogP contribution in [0.4, 0.5) is 0 Å². The van der Waals surface area contributed by atoms with E-state index < -0.39 is 0 Å². The number of halogens is 2. The average Bonchev–Trinajstić information content (AvgIpc) is 2.81. The first-order valence-corrected chi connectivity index (χ1v) is 8.32. The molecule has 0 unspecified atom stereocenters. The van der Waals surface area contributed by atoms with Gasteiger partial charge in [-0.2, -0.15) is 0 Å². The molecular weight excluding hydrogens is 307 g/mol. The van der Waals surface area contributed by atoms with E-state index >= 15 is 0 Å². The molecule has 5 heteroatoms. The molecule has 1 amide bonds. The lowest BCUT2D eigenvalue weighted by Gasteiger charge is -2.21. The summed E-state index contributed by atoms with van der Waals surface area (Å²) in [6.45, 7) is 3.90. The standard InChI is InChI=1S/C16H20Cl2N2O/c17-14-2-1-3-15(18)13(14)8-16(21)20-6-4-11-9-19-10-12(11)5-7-20/h1-3,11-12,19H,4-10H2/t11-,12+. The van der Waals surface area contributed by atoms with Gasteiger partial charge in [-0.15, -0.1) is 0 Å². The number of nitrogens with zero attached hydrogens (tertiary/aromatic N) is 1. The second-order valence-corrected chi connectivity index (χ2v) is 6.83. The number of likely N-dealkylation sites (tertiary alicyclic amines) is 1. The lowest BCUT2D eigenvalue weighted by atomic mass is 9.92. The van der Waals surface area contributed by atoms with Crippen LogP contribution in [0.25, 0.3) is 0 Å². The van der Waals surface area contributed by atoms with Crippen LogP contribution < -0.4 is 5.32 Å². The van der Waals surface area contributed by atoms with Gasteiger partial charge in [0.05, 0.1) is 6.42 Å². The topological polar surface area (TPSA) is 32.3 Å². The number of benzene rings is 1. The van der Waals surface area contributed by atoms with Gasteiger partial charge in [0.2, 0.25) is 5.91 Å². The summed E-state index contributed by atoms with van der Waals surface area (Å²) in [5, 5.41) is 4.60. The minimum Gasteiger partial charge on any atom is -0.342 e. The summed E-state index contributed by atoms with van der Waals surface area (Å²) in [6.07, 6.45) is 2.49. The van der Waals surface area contributed by atoms with Crippen molar-refractivity contribution in [2.75, 3.05) is 26.2 Å². The summed E-state index contributed by atoms with van der Waals surface area (Å²) in [6, 6.07) is 5.38. The Hall–Kier alpha value is -0.770. The first-order chi connectivity index (χ1) is 10.1. The zero-order valence-electron chi connectivity index (χ0n) is 11.9. The zero-order valence-corrected chi connectivity index (χ0v) is 13.5. The number of carbonyl (C=O) groups is 1. The Kier molecular flexibility index (Phi) is 4.72. The second kappa shape index (κ2) is 6.55. The van der Waals surface area contributed by atoms with Gasteiger partial charge in [-0.1, -0.05) is 29.3 Å². The fraction of sp³-hybridized carbons (Fsp3) is 0.562. The molecular formula is C16H20Cl2N2O. The van der Waals surface area contributed by atoms with Gasteiger partial charge >= 0.3 is 0 Å². The van der Waals surface area contributed by atoms with Gasteiger partial charge in [-0.3, -0.25) is 4.79 Å². The molecule has 3 nitrogen and oxygen atoms in total. The van der Waals surface area contributed by atoms with Crippen LogP contribution in [0.15, 0.2) is 18.2 Å². The predicted molar refractivity (Wildman–Crippen MR) is 85.8 cm³/mol. The van der Waals surface area contributed by atoms with E-state index in [1.165, 1.54) is 0 Å². The van der Waals surface area contributed by atoms with Crippen molar-refractivity contribution < 1.29 is 4.79 Å². The van der Waals surface area contributed by atoms with E-state index in [1.807, 2.05) is 4.90 Å². The summed E-state index contributed by atoms with van der Waals surface area (Å²) in [4.78, 5) is 14.5. The van der Waals surface area contributed by atoms with Crippen LogP contribution in [0, 0.1) is 11.8 Å². The Labute approximate surface area is 135 Å². The van der Waals surface area contributed by atoms with Crippen molar-refractivity contribution in [1.29, 1.82) is 0 Å². The Morgan fingerprint density at radius 2 is 1.71 bits per heavy atom. The van der Waals surface area contributed by atoms with Crippen molar-refractivity contribution in [3.05, 3.63) is 33.8 Å². The molecule has 2 saturated heterocycles. The fourth-order valence-electron chi connectivity index (χ4n) is 3.43. The van der Waals surface area contributed by atoms with Crippen LogP contribution >= 0.6 is 23.2 Å². The molecule has 0 spiro atoms. The number of nitrogens with one attached hydrogen (secondary N) is 1. The molecule has 2 aliphatic heterocycles. The van der Waals surface area contributed by atoms with E-state index in [4.69, 9.17) is 23.2 Å². The molecule has 21 heavy (non-hydrogen) atoms. The van der Waals surface area contributed by atoms with E-state index in [9.17, 15) is 4.79 Å². The van der Waals surface area contributed by atoms with Crippen molar-refractivity contribution in [3.63, 3.8) is 0 Å². The zero-order chi connectivity index (χ0) is 14.8. The number of hydrogen-bond acceptors (Lipinski definition) is 2. The largest absolute Gasteiger partial charge is 0.342 e. The lowest BCUT2D eigenvalue weighted by Crippen LogP contribution is -2.34. The van der Waals surface area contributed by atoms with Gasteiger partial charge in [0.1, 0.15) is 0 Å². The molecule has 1 N–H and O–H groups in total. The molecule has 2 atom stereocenters. The smallest absolute Gasteiger partial charge is 0.227 e. The van der Waals surface area contributed by atoms with Crippen LogP contribution in [-0.4, -0.2) is 37.0 Å². The van der Waals surface area contributed by atoms with Crippen LogP contribution in [0.3, 0.4) is 0 Å². The molecule has 0 aromatic heterocycles. The van der Waals surface area contributed by atoms with Gasteiger partial charge in [0.25, 0.3) is 0 Å². The average molecular weight is 327 g/mol. The third-order valence-corrected chi connectivity index (χ3v) is 5.47. The summed E-state index contributed by atoms with van der Waals surface area (Å²) in [7, 11) is 0. The molecule has 2 heterocycles. The molecule has 114 valence electrons. The minimum absolute atomic E-state index is 0.137. The normalized spacial score (nSPS) is 25.5. The first kappa shape index (κ1) is 15.1. The molecule has 0 bridgehead atoms. The molecule has 3 rings (SSSR count). The maximum Gasteiger partial charge on any atom is 0.227 e. The van der Waals surface area contributed by atoms with Gasteiger partial charge in [0, 0.05) is 23.1 Å². The maximum atomic E-state index is 12.5. The second-order valence-electron chi connectivity index (χ2n) is 6.01. The van der Waals surface area contributed by atoms with Crippen LogP contribution in [0.1, 0.15) is 18.4 Å². The highest BCUT2D eigenvalue weighted by Crippen LogP contribution is 2.29. The molecule has 0 aliphatic carbocycles. The Bertz CT molecular complexity index is 501. The Morgan fingerprint density at radius 1 is 1.14 bits per heavy atom. The summed E-state index contributed by atoms with van der Waals surface area (Å²) >= 11 is 12.3. The van der Waals surface area contributed by atoms with E-state index in [2.05, 4.69) is 5.32 Å². The molecule has 2 fully saturated rings. The van der Waals surface area contributed by atoms with Crippen LogP contribution in [-0.2, 0) is 11.2 Å². The monoisotopic (exact) mass is 326 g/mol. The van der Waals surface area contributed by atoms with E-state index in [0.717, 1.165) is 56.4 Å². The number of fused-ring (bicyclic) bond motifs is 1. The van der Waals surface area contributed by atoms with Crippen molar-refractivity contribution in [2.45, 2.75) is 19.3 Å². The van der Waals surface area contributed by atoms with Crippen LogP contribution in [0.5, 0.6) is 0 Å². The highest BCUT2D eigenvalue weighted by Gasteiger charge is 2.31. The summed E-state index contributed by atoms with van der Waals surface area (Å²) < 4.78 is 0. The van der Waals surface area contributed by atoms with Gasteiger partial charge in [-0.25, -0.2) is 0 Å². The summed E-state index contributed by atoms with van der Waals surface area (Å²) in [5.74, 6) is 1.59. The lowest BCUT2D eigenvalue weighted by molar-refractivity contribution is -0.130. The quantitative estimate of drug-likeness (QED) is 0.906. The molecule has 1 aromatic rings. The first-order valence-electron chi connectivity index (χ1n) is 7.56. The molecule has 2 aliphatic rings. The molecule has 0 radical (unpaired) electrons. The number of amides is 1. The van der Waals surface area contributed by atoms with E-state index in [-0.39, 0.29) is 5.91 Å². The molecule has 1 aromatic carbocycles. The number of carbonyl (C=O) groups excluding carboxylic acids is 1. The van der Waals surface area contributed by atoms with Crippen molar-refractivity contribution >= 4 is 29.1 Å². The van der Waals surface area contributed by atoms with E-state index in [1.54, 1.807) is 18.2 Å². The highest BCUT2D eigenvalue weighted by atomic mass is 35.5. The van der Waals surface area contributed by atoms with Crippen molar-refractivity contribution in [3.8, 4) is 0 Å². The maximum absolute atomic E-state index is 12.5. The SMILES string of the molecule is O=C(Cc1c(Cl)cccc1Cl)N1CC[C@@H]2CNC[C@@H]2CC1. The van der Waals surface area contributed by atoms with Gasteiger partial charge < -0.3 is 10.2 Å². The van der Waals surface area contributed by atoms with Crippen molar-refractivity contribution in [1.82, 2.24) is 10.2 Å². The number of hydrogen-bond donors (Lipinski definition) is 1. The third kappa shape index (κ3) is 3.36. The number of rotatable bonds is 2. The summed E-state index contributed by atoms with van der Waals surface area (Å²) in [5.41, 5.74) is 0.747. The van der Waals surface area contributed by atoms with Crippen LogP contribution in [0.2, 0.25) is 10.0 Å². The van der Waals surface area contributed by atoms with Gasteiger partial charge in [-0.05, 0) is 55.5 Å². The Morgan fingerprint density at radius 3 is 2.29 bits per heavy atom. The fourth-order valence-corrected chi connectivity index (χ4v) is 3.96. The Balaban J connectivity index is 1.65. The highest BCUT2D eigenvalue weighted by molar-refractivity contribution is 6.36.